The molecule has 16 aromatic rings. The molecule has 0 unspecified atom stereocenters. The molecule has 0 bridgehead atoms. The Morgan fingerprint density at radius 2 is 0.724 bits per heavy atom. The number of hydrogen-bond donors (Lipinski definition) is 0. The van der Waals surface area contributed by atoms with Crippen molar-refractivity contribution in [3.63, 3.8) is 0 Å². The van der Waals surface area contributed by atoms with E-state index in [1.165, 1.54) is 31.5 Å². The van der Waals surface area contributed by atoms with Crippen molar-refractivity contribution in [3.05, 3.63) is 255 Å². The molecule has 0 aliphatic heterocycles. The van der Waals surface area contributed by atoms with E-state index in [4.69, 9.17) is 24.9 Å². The van der Waals surface area contributed by atoms with Crippen molar-refractivity contribution in [2.75, 3.05) is 0 Å². The van der Waals surface area contributed by atoms with Gasteiger partial charge in [0, 0.05) is 22.0 Å². The number of benzene rings is 10. The zero-order valence-corrected chi connectivity index (χ0v) is 41.7. The van der Waals surface area contributed by atoms with Crippen LogP contribution in [0.1, 0.15) is 0 Å². The van der Waals surface area contributed by atoms with Gasteiger partial charge in [-0.1, -0.05) is 182 Å². The fraction of sp³-hybridized carbons (Fsp3) is 0. The topological polar surface area (TPSA) is 88.1 Å². The summed E-state index contributed by atoms with van der Waals surface area (Å²) in [6, 6.07) is 90.8. The van der Waals surface area contributed by atoms with Crippen LogP contribution in [0, 0.1) is 0 Å². The third-order valence-electron chi connectivity index (χ3n) is 15.3. The highest BCUT2D eigenvalue weighted by Gasteiger charge is 2.42. The number of rotatable bonds is 8. The summed E-state index contributed by atoms with van der Waals surface area (Å²) in [5.74, 6) is 2.76. The number of nitrogens with zero attached hydrogens (tertiary/aromatic N) is 10. The van der Waals surface area contributed by atoms with Crippen LogP contribution in [0.15, 0.2) is 255 Å². The van der Waals surface area contributed by atoms with Crippen LogP contribution < -0.4 is 20.7 Å². The van der Waals surface area contributed by atoms with Crippen molar-refractivity contribution in [1.82, 2.24) is 47.4 Å². The fourth-order valence-electron chi connectivity index (χ4n) is 12.1. The molecule has 76 heavy (non-hydrogen) atoms. The van der Waals surface area contributed by atoms with Gasteiger partial charge in [-0.05, 0) is 93.5 Å². The highest BCUT2D eigenvalue weighted by atomic mass is 28.3. The van der Waals surface area contributed by atoms with Gasteiger partial charge in [-0.3, -0.25) is 8.80 Å². The minimum Gasteiger partial charge on any atom is -0.309 e. The van der Waals surface area contributed by atoms with Crippen molar-refractivity contribution in [1.29, 1.82) is 0 Å². The lowest BCUT2D eigenvalue weighted by atomic mass is 10.2. The van der Waals surface area contributed by atoms with Gasteiger partial charge >= 0.3 is 0 Å². The summed E-state index contributed by atoms with van der Waals surface area (Å²) in [6.45, 7) is 0. The van der Waals surface area contributed by atoms with Crippen LogP contribution in [0.25, 0.3) is 106 Å². The van der Waals surface area contributed by atoms with E-state index in [9.17, 15) is 0 Å². The van der Waals surface area contributed by atoms with Crippen LogP contribution in [0.3, 0.4) is 0 Å². The third kappa shape index (κ3) is 6.05. The van der Waals surface area contributed by atoms with E-state index in [0.717, 1.165) is 66.4 Å². The van der Waals surface area contributed by atoms with E-state index in [-0.39, 0.29) is 0 Å². The molecule has 6 heterocycles. The molecule has 0 saturated carbocycles. The average molecular weight is 991 g/mol. The zero-order valence-electron chi connectivity index (χ0n) is 40.7. The molecule has 0 spiro atoms. The maximum Gasteiger partial charge on any atom is 0.242 e. The Kier molecular flexibility index (Phi) is 9.12. The van der Waals surface area contributed by atoms with Gasteiger partial charge in [0.25, 0.3) is 0 Å². The van der Waals surface area contributed by atoms with Crippen LogP contribution in [0.2, 0.25) is 0 Å². The van der Waals surface area contributed by atoms with Crippen molar-refractivity contribution >= 4 is 106 Å². The number of fused-ring (bicyclic) bond motifs is 13. The molecule has 0 aliphatic carbocycles. The second-order valence-electron chi connectivity index (χ2n) is 19.4. The summed E-state index contributed by atoms with van der Waals surface area (Å²) in [5.41, 5.74) is 11.6. The van der Waals surface area contributed by atoms with Gasteiger partial charge in [0.2, 0.25) is 23.5 Å². The summed E-state index contributed by atoms with van der Waals surface area (Å²) in [5, 5.41) is 7.56. The van der Waals surface area contributed by atoms with Crippen molar-refractivity contribution in [2.45, 2.75) is 0 Å². The van der Waals surface area contributed by atoms with E-state index in [2.05, 4.69) is 271 Å². The highest BCUT2D eigenvalue weighted by Crippen LogP contribution is 2.35. The molecule has 0 fully saturated rings. The van der Waals surface area contributed by atoms with Crippen LogP contribution in [-0.4, -0.2) is 55.5 Å². The smallest absolute Gasteiger partial charge is 0.242 e. The van der Waals surface area contributed by atoms with Crippen LogP contribution in [0.4, 0.5) is 0 Å². The Labute approximate surface area is 435 Å². The normalized spacial score (nSPS) is 12.2. The molecular weight excluding hydrogens is 949 g/mol. The minimum absolute atomic E-state index is 0.428. The molecule has 356 valence electrons. The molecule has 0 aliphatic rings. The van der Waals surface area contributed by atoms with E-state index in [1.54, 1.807) is 0 Å². The van der Waals surface area contributed by atoms with Gasteiger partial charge in [-0.2, -0.15) is 15.0 Å². The first-order chi connectivity index (χ1) is 37.7. The Morgan fingerprint density at radius 1 is 0.276 bits per heavy atom. The van der Waals surface area contributed by atoms with Gasteiger partial charge in [0.05, 0.1) is 55.2 Å². The monoisotopic (exact) mass is 990 g/mol. The molecule has 11 heteroatoms. The highest BCUT2D eigenvalue weighted by molar-refractivity contribution is 7.20. The molecule has 0 amide bonds. The van der Waals surface area contributed by atoms with Gasteiger partial charge < -0.3 is 4.57 Å². The molecule has 0 saturated heterocycles. The zero-order chi connectivity index (χ0) is 49.9. The SMILES string of the molecule is c1ccc([Si](c2ccccc2)(c2ccccc2)c2ccc3nc4n(-c5nc(-c6cccc(-n7c8ccccc8c8ccccc87)c6)nc(-n6c7ccccc7n7c8ccccc8nc67)n5)c5ccccc5n4c3c2)cc1. The largest absolute Gasteiger partial charge is 0.309 e. The third-order valence-corrected chi connectivity index (χ3v) is 20.1. The van der Waals surface area contributed by atoms with Gasteiger partial charge in [-0.25, -0.2) is 19.1 Å². The Morgan fingerprint density at radius 3 is 1.28 bits per heavy atom. The molecule has 6 aromatic heterocycles. The molecule has 10 aromatic carbocycles. The predicted octanol–water partition coefficient (Wildman–Crippen LogP) is 11.5. The summed E-state index contributed by atoms with van der Waals surface area (Å²) >= 11 is 0. The Balaban J connectivity index is 0.974. The lowest BCUT2D eigenvalue weighted by Gasteiger charge is -2.34. The number of aromatic nitrogens is 10. The standard InChI is InChI=1S/C65H42N10Si/c1-4-23-45(24-5-1)76(46-25-6-2-7-26-46,47-27-8-3-9-28-47)48-39-40-52-60(42-48)73-57-36-17-19-38-59(57)75(65(73)67-52)63-69-61(43-21-20-22-44(41-43)71-53-32-13-10-29-49(53)50-30-11-14-33-54(50)71)68-62(70-63)74-58-37-18-16-35-56(58)72-55-34-15-12-31-51(55)66-64(72)74/h1-42H. The first kappa shape index (κ1) is 42.3. The molecule has 10 nitrogen and oxygen atoms in total. The van der Waals surface area contributed by atoms with E-state index >= 15 is 0 Å². The molecule has 0 N–H and O–H groups in total. The quantitative estimate of drug-likeness (QED) is 0.112. The van der Waals surface area contributed by atoms with Crippen molar-refractivity contribution in [3.8, 4) is 29.0 Å². The number of para-hydroxylation sites is 8. The summed E-state index contributed by atoms with van der Waals surface area (Å²) < 4.78 is 11.0. The van der Waals surface area contributed by atoms with Gasteiger partial charge in [0.15, 0.2) is 13.9 Å². The molecule has 0 radical (unpaired) electrons. The van der Waals surface area contributed by atoms with Crippen LogP contribution in [-0.2, 0) is 0 Å². The van der Waals surface area contributed by atoms with Crippen LogP contribution in [0.5, 0.6) is 0 Å². The van der Waals surface area contributed by atoms with Crippen LogP contribution >= 0.6 is 0 Å². The minimum atomic E-state index is -2.89. The first-order valence-corrected chi connectivity index (χ1v) is 27.5. The number of hydrogen-bond acceptors (Lipinski definition) is 5. The second kappa shape index (κ2) is 16.4. The van der Waals surface area contributed by atoms with Gasteiger partial charge in [-0.15, -0.1) is 0 Å². The van der Waals surface area contributed by atoms with Gasteiger partial charge in [0.1, 0.15) is 0 Å². The first-order valence-electron chi connectivity index (χ1n) is 25.5. The molecule has 0 atom stereocenters. The van der Waals surface area contributed by atoms with Crippen molar-refractivity contribution in [2.24, 2.45) is 0 Å². The van der Waals surface area contributed by atoms with E-state index < -0.39 is 8.07 Å². The Bertz CT molecular complexity index is 4800. The molecule has 16 rings (SSSR count). The summed E-state index contributed by atoms with van der Waals surface area (Å²) in [6.07, 6.45) is 0. The fourth-order valence-corrected chi connectivity index (χ4v) is 16.9. The average Bonchev–Trinajstić information content (AvgIpc) is 4.42. The maximum atomic E-state index is 5.51. The summed E-state index contributed by atoms with van der Waals surface area (Å²) in [4.78, 5) is 27.2. The lowest BCUT2D eigenvalue weighted by molar-refractivity contribution is 0.877. The van der Waals surface area contributed by atoms with Crippen molar-refractivity contribution < 1.29 is 0 Å². The lowest BCUT2D eigenvalue weighted by Crippen LogP contribution is -2.74. The Hall–Kier alpha value is -10.2. The van der Waals surface area contributed by atoms with E-state index in [1.807, 2.05) is 6.07 Å². The molecular formula is C65H42N10Si. The predicted molar refractivity (Wildman–Crippen MR) is 309 cm³/mol. The van der Waals surface area contributed by atoms with E-state index in [0.29, 0.717) is 29.3 Å². The maximum absolute atomic E-state index is 5.51. The number of imidazole rings is 4. The summed E-state index contributed by atoms with van der Waals surface area (Å²) in [7, 11) is -2.89. The second-order valence-corrected chi connectivity index (χ2v) is 23.2.